The van der Waals surface area contributed by atoms with Crippen LogP contribution in [0.15, 0.2) is 0 Å². The molecule has 0 spiro atoms. The van der Waals surface area contributed by atoms with Gasteiger partial charge in [-0.2, -0.15) is 0 Å². The van der Waals surface area contributed by atoms with Gasteiger partial charge in [-0.25, -0.2) is 0 Å². The number of esters is 1. The summed E-state index contributed by atoms with van der Waals surface area (Å²) in [4.78, 5) is 20.8. The molecule has 4 heteroatoms. The lowest BCUT2D eigenvalue weighted by atomic mass is 10.2. The molecule has 14 heavy (non-hydrogen) atoms. The highest BCUT2D eigenvalue weighted by molar-refractivity contribution is 5.90. The molecule has 1 N–H and O–H groups in total. The number of carbonyl (C=O) groups is 2. The second-order valence-corrected chi connectivity index (χ2v) is 3.21. The third kappa shape index (κ3) is 9.03. The van der Waals surface area contributed by atoms with Crippen molar-refractivity contribution in [2.75, 3.05) is 6.61 Å². The van der Waals surface area contributed by atoms with Crippen LogP contribution in [-0.2, 0) is 14.3 Å². The van der Waals surface area contributed by atoms with Gasteiger partial charge in [-0.05, 0) is 6.42 Å². The molecule has 82 valence electrons. The minimum atomic E-state index is -1.14. The summed E-state index contributed by atoms with van der Waals surface area (Å²) in [7, 11) is 0. The molecule has 0 amide bonds. The highest BCUT2D eigenvalue weighted by atomic mass is 16.5. The van der Waals surface area contributed by atoms with Crippen LogP contribution in [0.1, 0.15) is 45.4 Å². The average Bonchev–Trinajstić information content (AvgIpc) is 2.10. The average molecular weight is 202 g/mol. The summed E-state index contributed by atoms with van der Waals surface area (Å²) in [6.45, 7) is 2.47. The first-order valence-corrected chi connectivity index (χ1v) is 5.04. The monoisotopic (exact) mass is 202 g/mol. The smallest absolute Gasteiger partial charge is 0.317 e. The topological polar surface area (TPSA) is 63.6 Å². The fraction of sp³-hybridized carbons (Fsp3) is 0.800. The van der Waals surface area contributed by atoms with Gasteiger partial charge in [-0.1, -0.05) is 32.6 Å². The van der Waals surface area contributed by atoms with E-state index in [1.54, 1.807) is 0 Å². The van der Waals surface area contributed by atoms with Crippen LogP contribution in [0, 0.1) is 0 Å². The number of aliphatic carboxylic acids is 1. The standard InChI is InChI=1S/C10H18O4/c1-2-3-4-5-6-7-14-10(13)8-9(11)12/h2-8H2,1H3,(H,11,12). The number of unbranched alkanes of at least 4 members (excludes halogenated alkanes) is 4. The SMILES string of the molecule is CCCCCCCOC(=O)CC(=O)O. The molecule has 0 aromatic heterocycles. The van der Waals surface area contributed by atoms with Crippen LogP contribution < -0.4 is 0 Å². The summed E-state index contributed by atoms with van der Waals surface area (Å²) < 4.78 is 4.71. The first-order chi connectivity index (χ1) is 6.66. The summed E-state index contributed by atoms with van der Waals surface area (Å²) >= 11 is 0. The van der Waals surface area contributed by atoms with Gasteiger partial charge in [0.1, 0.15) is 6.42 Å². The van der Waals surface area contributed by atoms with Crippen molar-refractivity contribution >= 4 is 11.9 Å². The van der Waals surface area contributed by atoms with E-state index in [9.17, 15) is 9.59 Å². The highest BCUT2D eigenvalue weighted by Gasteiger charge is 2.07. The van der Waals surface area contributed by atoms with E-state index in [1.165, 1.54) is 12.8 Å². The van der Waals surface area contributed by atoms with E-state index >= 15 is 0 Å². The Morgan fingerprint density at radius 3 is 2.36 bits per heavy atom. The lowest BCUT2D eigenvalue weighted by molar-refractivity contribution is -0.151. The predicted molar refractivity (Wildman–Crippen MR) is 52.0 cm³/mol. The van der Waals surface area contributed by atoms with Crippen molar-refractivity contribution in [3.8, 4) is 0 Å². The zero-order valence-electron chi connectivity index (χ0n) is 8.62. The fourth-order valence-electron chi connectivity index (χ4n) is 1.07. The van der Waals surface area contributed by atoms with E-state index in [0.29, 0.717) is 6.61 Å². The Labute approximate surface area is 84.3 Å². The van der Waals surface area contributed by atoms with Crippen molar-refractivity contribution < 1.29 is 19.4 Å². The van der Waals surface area contributed by atoms with E-state index in [-0.39, 0.29) is 0 Å². The number of carboxylic acids is 1. The fourth-order valence-corrected chi connectivity index (χ4v) is 1.07. The molecule has 0 aromatic carbocycles. The first kappa shape index (κ1) is 12.9. The number of rotatable bonds is 8. The minimum absolute atomic E-state index is 0.343. The van der Waals surface area contributed by atoms with Gasteiger partial charge in [0.05, 0.1) is 6.61 Å². The van der Waals surface area contributed by atoms with Gasteiger partial charge in [0.25, 0.3) is 0 Å². The lowest BCUT2D eigenvalue weighted by Gasteiger charge is -2.02. The molecule has 0 unspecified atom stereocenters. The van der Waals surface area contributed by atoms with Crippen molar-refractivity contribution in [1.29, 1.82) is 0 Å². The molecule has 0 saturated carbocycles. The van der Waals surface area contributed by atoms with Crippen molar-refractivity contribution in [2.45, 2.75) is 45.4 Å². The van der Waals surface area contributed by atoms with Gasteiger partial charge >= 0.3 is 11.9 Å². The Morgan fingerprint density at radius 1 is 1.14 bits per heavy atom. The largest absolute Gasteiger partial charge is 0.481 e. The minimum Gasteiger partial charge on any atom is -0.481 e. The summed E-state index contributed by atoms with van der Waals surface area (Å²) in [5.41, 5.74) is 0. The molecular weight excluding hydrogens is 184 g/mol. The molecule has 0 bridgehead atoms. The molecular formula is C10H18O4. The Kier molecular flexibility index (Phi) is 7.89. The second-order valence-electron chi connectivity index (χ2n) is 3.21. The van der Waals surface area contributed by atoms with Gasteiger partial charge in [-0.3, -0.25) is 9.59 Å². The Morgan fingerprint density at radius 2 is 1.79 bits per heavy atom. The Hall–Kier alpha value is -1.06. The van der Waals surface area contributed by atoms with Gasteiger partial charge in [0, 0.05) is 0 Å². The van der Waals surface area contributed by atoms with Crippen molar-refractivity contribution in [3.05, 3.63) is 0 Å². The molecule has 0 fully saturated rings. The molecule has 0 atom stereocenters. The van der Waals surface area contributed by atoms with Crippen molar-refractivity contribution in [2.24, 2.45) is 0 Å². The van der Waals surface area contributed by atoms with Gasteiger partial charge in [0.2, 0.25) is 0 Å². The van der Waals surface area contributed by atoms with E-state index in [2.05, 4.69) is 6.92 Å². The van der Waals surface area contributed by atoms with Crippen LogP contribution in [0.4, 0.5) is 0 Å². The van der Waals surface area contributed by atoms with Crippen LogP contribution in [0.5, 0.6) is 0 Å². The number of ether oxygens (including phenoxy) is 1. The zero-order valence-corrected chi connectivity index (χ0v) is 8.62. The van der Waals surface area contributed by atoms with Crippen LogP contribution in [0.3, 0.4) is 0 Å². The van der Waals surface area contributed by atoms with E-state index in [1.807, 2.05) is 0 Å². The molecule has 0 rings (SSSR count). The van der Waals surface area contributed by atoms with E-state index in [4.69, 9.17) is 9.84 Å². The maximum Gasteiger partial charge on any atom is 0.317 e. The molecule has 0 radical (unpaired) electrons. The number of hydrogen-bond donors (Lipinski definition) is 1. The van der Waals surface area contributed by atoms with Crippen molar-refractivity contribution in [3.63, 3.8) is 0 Å². The second kappa shape index (κ2) is 8.53. The van der Waals surface area contributed by atoms with Crippen LogP contribution in [0.25, 0.3) is 0 Å². The third-order valence-electron chi connectivity index (χ3n) is 1.81. The number of carbonyl (C=O) groups excluding carboxylic acids is 1. The van der Waals surface area contributed by atoms with E-state index < -0.39 is 18.4 Å². The quantitative estimate of drug-likeness (QED) is 0.371. The van der Waals surface area contributed by atoms with Gasteiger partial charge in [0.15, 0.2) is 0 Å². The Bertz CT molecular complexity index is 177. The maximum absolute atomic E-state index is 10.7. The number of hydrogen-bond acceptors (Lipinski definition) is 3. The Balaban J connectivity index is 3.19. The summed E-state index contributed by atoms with van der Waals surface area (Å²) in [5, 5.41) is 8.26. The van der Waals surface area contributed by atoms with E-state index in [0.717, 1.165) is 19.3 Å². The molecule has 0 heterocycles. The van der Waals surface area contributed by atoms with Crippen LogP contribution in [-0.4, -0.2) is 23.7 Å². The van der Waals surface area contributed by atoms with Gasteiger partial charge in [-0.15, -0.1) is 0 Å². The van der Waals surface area contributed by atoms with Gasteiger partial charge < -0.3 is 9.84 Å². The summed E-state index contributed by atoms with van der Waals surface area (Å²) in [6.07, 6.45) is 4.85. The first-order valence-electron chi connectivity index (χ1n) is 5.04. The molecule has 0 aliphatic carbocycles. The van der Waals surface area contributed by atoms with Crippen LogP contribution >= 0.6 is 0 Å². The molecule has 4 nitrogen and oxygen atoms in total. The molecule has 0 aliphatic heterocycles. The molecule has 0 saturated heterocycles. The lowest BCUT2D eigenvalue weighted by Crippen LogP contribution is -2.11. The van der Waals surface area contributed by atoms with Crippen LogP contribution in [0.2, 0.25) is 0 Å². The highest BCUT2D eigenvalue weighted by Crippen LogP contribution is 2.02. The normalized spacial score (nSPS) is 9.79. The molecule has 0 aliphatic rings. The van der Waals surface area contributed by atoms with Crippen molar-refractivity contribution in [1.82, 2.24) is 0 Å². The predicted octanol–water partition coefficient (Wildman–Crippen LogP) is 1.97. The summed E-state index contributed by atoms with van der Waals surface area (Å²) in [6, 6.07) is 0. The zero-order chi connectivity index (χ0) is 10.8. The molecule has 0 aromatic rings. The number of carboxylic acid groups (broad SMARTS) is 1. The summed E-state index contributed by atoms with van der Waals surface area (Å²) in [5.74, 6) is -1.78. The third-order valence-corrected chi connectivity index (χ3v) is 1.81. The maximum atomic E-state index is 10.7.